The van der Waals surface area contributed by atoms with Gasteiger partial charge in [-0.15, -0.1) is 0 Å². The van der Waals surface area contributed by atoms with Crippen LogP contribution in [0.3, 0.4) is 0 Å². The maximum atomic E-state index is 11.3. The predicted molar refractivity (Wildman–Crippen MR) is 56.9 cm³/mol. The number of para-hydroxylation sites is 1. The van der Waals surface area contributed by atoms with Crippen LogP contribution in [0.2, 0.25) is 0 Å². The van der Waals surface area contributed by atoms with E-state index < -0.39 is 5.97 Å². The second kappa shape index (κ2) is 5.14. The van der Waals surface area contributed by atoms with E-state index in [9.17, 15) is 9.59 Å². The number of carbonyl (C=O) groups is 2. The Balaban J connectivity index is 2.84. The van der Waals surface area contributed by atoms with Gasteiger partial charge in [0.1, 0.15) is 0 Å². The highest BCUT2D eigenvalue weighted by Crippen LogP contribution is 2.15. The number of hydrogen-bond acceptors (Lipinski definition) is 2. The molecule has 0 aliphatic carbocycles. The third-order valence-electron chi connectivity index (χ3n) is 1.91. The lowest BCUT2D eigenvalue weighted by Gasteiger charge is -2.07. The molecule has 0 saturated carbocycles. The van der Waals surface area contributed by atoms with Crippen molar-refractivity contribution in [1.82, 2.24) is 0 Å². The maximum Gasteiger partial charge on any atom is 0.337 e. The van der Waals surface area contributed by atoms with Crippen molar-refractivity contribution in [2.45, 2.75) is 19.8 Å². The number of nitrogens with one attached hydrogen (secondary N) is 1. The van der Waals surface area contributed by atoms with Crippen molar-refractivity contribution in [3.05, 3.63) is 29.8 Å². The molecule has 0 aromatic heterocycles. The SMILES string of the molecule is CCCC(=O)Nc1ccccc1C(=O)O. The highest BCUT2D eigenvalue weighted by Gasteiger charge is 2.10. The van der Waals surface area contributed by atoms with Crippen LogP contribution >= 0.6 is 0 Å². The van der Waals surface area contributed by atoms with Gasteiger partial charge in [0.15, 0.2) is 0 Å². The summed E-state index contributed by atoms with van der Waals surface area (Å²) in [6.07, 6.45) is 1.13. The molecular weight excluding hydrogens is 194 g/mol. The smallest absolute Gasteiger partial charge is 0.337 e. The second-order valence-electron chi connectivity index (χ2n) is 3.15. The zero-order valence-electron chi connectivity index (χ0n) is 8.49. The topological polar surface area (TPSA) is 66.4 Å². The fraction of sp³-hybridized carbons (Fsp3) is 0.273. The zero-order chi connectivity index (χ0) is 11.3. The Hall–Kier alpha value is -1.84. The van der Waals surface area contributed by atoms with Gasteiger partial charge in [0.2, 0.25) is 5.91 Å². The van der Waals surface area contributed by atoms with E-state index in [2.05, 4.69) is 5.32 Å². The van der Waals surface area contributed by atoms with Crippen LogP contribution in [0.25, 0.3) is 0 Å². The first-order valence-electron chi connectivity index (χ1n) is 4.77. The van der Waals surface area contributed by atoms with Crippen LogP contribution in [0.5, 0.6) is 0 Å². The lowest BCUT2D eigenvalue weighted by Crippen LogP contribution is -2.13. The van der Waals surface area contributed by atoms with Gasteiger partial charge in [0.25, 0.3) is 0 Å². The number of carboxylic acid groups (broad SMARTS) is 1. The molecule has 1 aromatic rings. The summed E-state index contributed by atoms with van der Waals surface area (Å²) in [7, 11) is 0. The molecule has 0 radical (unpaired) electrons. The van der Waals surface area contributed by atoms with Crippen molar-refractivity contribution in [3.8, 4) is 0 Å². The Bertz CT molecular complexity index is 374. The first-order chi connectivity index (χ1) is 7.15. The Morgan fingerprint density at radius 1 is 1.33 bits per heavy atom. The van der Waals surface area contributed by atoms with Gasteiger partial charge in [-0.2, -0.15) is 0 Å². The van der Waals surface area contributed by atoms with Gasteiger partial charge in [0.05, 0.1) is 11.3 Å². The first kappa shape index (κ1) is 11.2. The number of rotatable bonds is 4. The summed E-state index contributed by atoms with van der Waals surface area (Å²) in [6.45, 7) is 1.89. The molecule has 0 unspecified atom stereocenters. The van der Waals surface area contributed by atoms with Crippen molar-refractivity contribution in [1.29, 1.82) is 0 Å². The molecule has 15 heavy (non-hydrogen) atoms. The number of amides is 1. The molecular formula is C11H13NO3. The summed E-state index contributed by atoms with van der Waals surface area (Å²) in [5.41, 5.74) is 0.463. The summed E-state index contributed by atoms with van der Waals surface area (Å²) in [5, 5.41) is 11.4. The molecule has 2 N–H and O–H groups in total. The molecule has 0 aliphatic heterocycles. The minimum absolute atomic E-state index is 0.113. The Morgan fingerprint density at radius 2 is 2.00 bits per heavy atom. The fourth-order valence-electron chi connectivity index (χ4n) is 1.22. The number of anilines is 1. The molecule has 1 amide bonds. The third kappa shape index (κ3) is 3.09. The van der Waals surface area contributed by atoms with E-state index in [0.29, 0.717) is 12.1 Å². The molecule has 0 atom stereocenters. The molecule has 0 heterocycles. The second-order valence-corrected chi connectivity index (χ2v) is 3.15. The standard InChI is InChI=1S/C11H13NO3/c1-2-5-10(13)12-9-7-4-3-6-8(9)11(14)15/h3-4,6-7H,2,5H2,1H3,(H,12,13)(H,14,15). The summed E-state index contributed by atoms with van der Waals surface area (Å²) in [6, 6.07) is 6.35. The zero-order valence-corrected chi connectivity index (χ0v) is 8.49. The van der Waals surface area contributed by atoms with Gasteiger partial charge in [-0.05, 0) is 18.6 Å². The molecule has 0 fully saturated rings. The van der Waals surface area contributed by atoms with E-state index >= 15 is 0 Å². The molecule has 0 spiro atoms. The minimum atomic E-state index is -1.04. The fourth-order valence-corrected chi connectivity index (χ4v) is 1.22. The number of benzene rings is 1. The van der Waals surface area contributed by atoms with Crippen LogP contribution in [-0.4, -0.2) is 17.0 Å². The minimum Gasteiger partial charge on any atom is -0.478 e. The van der Waals surface area contributed by atoms with Crippen LogP contribution in [0, 0.1) is 0 Å². The lowest BCUT2D eigenvalue weighted by atomic mass is 10.1. The van der Waals surface area contributed by atoms with Crippen LogP contribution in [-0.2, 0) is 4.79 Å². The molecule has 4 nitrogen and oxygen atoms in total. The van der Waals surface area contributed by atoms with E-state index in [1.54, 1.807) is 18.2 Å². The number of carbonyl (C=O) groups excluding carboxylic acids is 1. The monoisotopic (exact) mass is 207 g/mol. The molecule has 1 aromatic carbocycles. The molecule has 0 bridgehead atoms. The van der Waals surface area contributed by atoms with Gasteiger partial charge < -0.3 is 10.4 Å². The third-order valence-corrected chi connectivity index (χ3v) is 1.91. The summed E-state index contributed by atoms with van der Waals surface area (Å²) < 4.78 is 0. The highest BCUT2D eigenvalue weighted by atomic mass is 16.4. The van der Waals surface area contributed by atoms with E-state index in [-0.39, 0.29) is 11.5 Å². The molecule has 80 valence electrons. The number of hydrogen-bond donors (Lipinski definition) is 2. The highest BCUT2D eigenvalue weighted by molar-refractivity contribution is 6.00. The van der Waals surface area contributed by atoms with E-state index in [4.69, 9.17) is 5.11 Å². The summed E-state index contributed by atoms with van der Waals surface area (Å²) in [5.74, 6) is -1.20. The van der Waals surface area contributed by atoms with E-state index in [0.717, 1.165) is 6.42 Å². The van der Waals surface area contributed by atoms with E-state index in [1.807, 2.05) is 6.92 Å². The van der Waals surface area contributed by atoms with Crippen LogP contribution in [0.1, 0.15) is 30.1 Å². The average molecular weight is 207 g/mol. The van der Waals surface area contributed by atoms with Crippen molar-refractivity contribution < 1.29 is 14.7 Å². The summed E-state index contributed by atoms with van der Waals surface area (Å²) >= 11 is 0. The van der Waals surface area contributed by atoms with Gasteiger partial charge >= 0.3 is 5.97 Å². The normalized spacial score (nSPS) is 9.67. The van der Waals surface area contributed by atoms with Crippen LogP contribution in [0.15, 0.2) is 24.3 Å². The van der Waals surface area contributed by atoms with Gasteiger partial charge in [-0.3, -0.25) is 4.79 Å². The quantitative estimate of drug-likeness (QED) is 0.794. The number of aromatic carboxylic acids is 1. The largest absolute Gasteiger partial charge is 0.478 e. The van der Waals surface area contributed by atoms with E-state index in [1.165, 1.54) is 6.07 Å². The predicted octanol–water partition coefficient (Wildman–Crippen LogP) is 2.12. The maximum absolute atomic E-state index is 11.3. The van der Waals surface area contributed by atoms with Crippen LogP contribution in [0.4, 0.5) is 5.69 Å². The molecule has 4 heteroatoms. The molecule has 0 aliphatic rings. The Kier molecular flexibility index (Phi) is 3.85. The van der Waals surface area contributed by atoms with Crippen LogP contribution < -0.4 is 5.32 Å². The van der Waals surface area contributed by atoms with Gasteiger partial charge in [-0.25, -0.2) is 4.79 Å². The molecule has 0 saturated heterocycles. The van der Waals surface area contributed by atoms with Crippen molar-refractivity contribution in [3.63, 3.8) is 0 Å². The summed E-state index contributed by atoms with van der Waals surface area (Å²) in [4.78, 5) is 22.1. The number of carboxylic acids is 1. The van der Waals surface area contributed by atoms with Gasteiger partial charge in [0, 0.05) is 6.42 Å². The van der Waals surface area contributed by atoms with Crippen molar-refractivity contribution in [2.24, 2.45) is 0 Å². The average Bonchev–Trinajstić information content (AvgIpc) is 2.18. The Labute approximate surface area is 87.9 Å². The first-order valence-corrected chi connectivity index (χ1v) is 4.77. The Morgan fingerprint density at radius 3 is 2.60 bits per heavy atom. The van der Waals surface area contributed by atoms with Crippen molar-refractivity contribution in [2.75, 3.05) is 5.32 Å². The molecule has 1 rings (SSSR count). The lowest BCUT2D eigenvalue weighted by molar-refractivity contribution is -0.116. The van der Waals surface area contributed by atoms with Crippen molar-refractivity contribution >= 4 is 17.6 Å². The van der Waals surface area contributed by atoms with Gasteiger partial charge in [-0.1, -0.05) is 19.1 Å².